The van der Waals surface area contributed by atoms with Crippen LogP contribution >= 0.6 is 0 Å². The van der Waals surface area contributed by atoms with Crippen molar-refractivity contribution < 1.29 is 27.4 Å². The zero-order valence-electron chi connectivity index (χ0n) is 16.9. The lowest BCUT2D eigenvalue weighted by atomic mass is 9.95. The SMILES string of the molecule is COc1ccc(/C=C/C(=O)NCCn2nc(C(F)(F)F)c3c2CCCC3)cc1OC. The first-order valence-electron chi connectivity index (χ1n) is 9.67. The smallest absolute Gasteiger partial charge is 0.435 e. The summed E-state index contributed by atoms with van der Waals surface area (Å²) in [5.41, 5.74) is 0.882. The number of aromatic nitrogens is 2. The molecule has 0 fully saturated rings. The van der Waals surface area contributed by atoms with Crippen LogP contribution in [0.1, 0.15) is 35.4 Å². The molecule has 1 aliphatic carbocycles. The number of carbonyl (C=O) groups excluding carboxylic acids is 1. The third-order valence-electron chi connectivity index (χ3n) is 4.98. The summed E-state index contributed by atoms with van der Waals surface area (Å²) in [5.74, 6) is 0.783. The Morgan fingerprint density at radius 3 is 2.63 bits per heavy atom. The molecule has 1 aromatic carbocycles. The van der Waals surface area contributed by atoms with E-state index in [1.165, 1.54) is 25.0 Å². The molecule has 9 heteroatoms. The first-order chi connectivity index (χ1) is 14.3. The largest absolute Gasteiger partial charge is 0.493 e. The van der Waals surface area contributed by atoms with Gasteiger partial charge in [-0.3, -0.25) is 9.48 Å². The molecule has 2 aromatic rings. The molecular weight excluding hydrogens is 399 g/mol. The molecule has 3 rings (SSSR count). The number of ether oxygens (including phenoxy) is 2. The van der Waals surface area contributed by atoms with Crippen molar-refractivity contribution in [3.63, 3.8) is 0 Å². The molecule has 0 unspecified atom stereocenters. The number of halogens is 3. The van der Waals surface area contributed by atoms with Gasteiger partial charge in [-0.2, -0.15) is 18.3 Å². The van der Waals surface area contributed by atoms with E-state index >= 15 is 0 Å². The lowest BCUT2D eigenvalue weighted by Crippen LogP contribution is -2.26. The maximum Gasteiger partial charge on any atom is 0.435 e. The highest BCUT2D eigenvalue weighted by molar-refractivity contribution is 5.91. The Labute approximate surface area is 172 Å². The fourth-order valence-electron chi connectivity index (χ4n) is 3.56. The van der Waals surface area contributed by atoms with E-state index in [9.17, 15) is 18.0 Å². The van der Waals surface area contributed by atoms with Gasteiger partial charge in [-0.15, -0.1) is 0 Å². The van der Waals surface area contributed by atoms with Gasteiger partial charge in [0.1, 0.15) is 0 Å². The van der Waals surface area contributed by atoms with Crippen LogP contribution in [0.3, 0.4) is 0 Å². The zero-order valence-corrected chi connectivity index (χ0v) is 16.9. The van der Waals surface area contributed by atoms with Crippen LogP contribution < -0.4 is 14.8 Å². The normalized spacial score (nSPS) is 13.9. The highest BCUT2D eigenvalue weighted by Crippen LogP contribution is 2.35. The van der Waals surface area contributed by atoms with Crippen molar-refractivity contribution in [1.82, 2.24) is 15.1 Å². The number of carbonyl (C=O) groups is 1. The predicted octanol–water partition coefficient (Wildman–Crippen LogP) is 3.63. The second kappa shape index (κ2) is 9.23. The van der Waals surface area contributed by atoms with E-state index in [0.29, 0.717) is 35.6 Å². The van der Waals surface area contributed by atoms with Crippen LogP contribution in [0.25, 0.3) is 6.08 Å². The molecule has 162 valence electrons. The predicted molar refractivity (Wildman–Crippen MR) is 105 cm³/mol. The summed E-state index contributed by atoms with van der Waals surface area (Å²) in [7, 11) is 3.06. The number of hydrogen-bond donors (Lipinski definition) is 1. The summed E-state index contributed by atoms with van der Waals surface area (Å²) in [6.45, 7) is 0.370. The van der Waals surface area contributed by atoms with Gasteiger partial charge < -0.3 is 14.8 Å². The summed E-state index contributed by atoms with van der Waals surface area (Å²) in [4.78, 5) is 12.1. The van der Waals surface area contributed by atoms with Gasteiger partial charge in [-0.05, 0) is 49.5 Å². The molecular formula is C21H24F3N3O3. The highest BCUT2D eigenvalue weighted by atomic mass is 19.4. The van der Waals surface area contributed by atoms with E-state index in [1.807, 2.05) is 0 Å². The Balaban J connectivity index is 1.60. The maximum atomic E-state index is 13.2. The van der Waals surface area contributed by atoms with Gasteiger partial charge >= 0.3 is 6.18 Å². The molecule has 0 bridgehead atoms. The second-order valence-corrected chi connectivity index (χ2v) is 6.94. The topological polar surface area (TPSA) is 65.4 Å². The Bertz CT molecular complexity index is 936. The van der Waals surface area contributed by atoms with Gasteiger partial charge in [-0.1, -0.05) is 6.07 Å². The molecule has 1 N–H and O–H groups in total. The number of amides is 1. The van der Waals surface area contributed by atoms with Crippen LogP contribution in [0.4, 0.5) is 13.2 Å². The third-order valence-corrected chi connectivity index (χ3v) is 4.98. The molecule has 6 nitrogen and oxygen atoms in total. The van der Waals surface area contributed by atoms with Crippen molar-refractivity contribution in [2.45, 2.75) is 38.4 Å². The Morgan fingerprint density at radius 1 is 1.20 bits per heavy atom. The van der Waals surface area contributed by atoms with Crippen molar-refractivity contribution >= 4 is 12.0 Å². The van der Waals surface area contributed by atoms with E-state index in [0.717, 1.165) is 18.4 Å². The molecule has 0 spiro atoms. The van der Waals surface area contributed by atoms with Crippen molar-refractivity contribution in [3.8, 4) is 11.5 Å². The molecule has 1 aliphatic rings. The van der Waals surface area contributed by atoms with Crippen molar-refractivity contribution in [2.24, 2.45) is 0 Å². The molecule has 0 atom stereocenters. The average Bonchev–Trinajstić information content (AvgIpc) is 3.11. The van der Waals surface area contributed by atoms with E-state index in [1.54, 1.807) is 24.3 Å². The average molecular weight is 423 g/mol. The number of nitrogens with zero attached hydrogens (tertiary/aromatic N) is 2. The summed E-state index contributed by atoms with van der Waals surface area (Å²) in [6, 6.07) is 5.24. The van der Waals surface area contributed by atoms with Gasteiger partial charge in [0.05, 0.1) is 20.8 Å². The van der Waals surface area contributed by atoms with Gasteiger partial charge in [0.15, 0.2) is 17.2 Å². The van der Waals surface area contributed by atoms with E-state index in [2.05, 4.69) is 10.4 Å². The van der Waals surface area contributed by atoms with Crippen LogP contribution in [0, 0.1) is 0 Å². The number of hydrogen-bond acceptors (Lipinski definition) is 4. The summed E-state index contributed by atoms with van der Waals surface area (Å²) >= 11 is 0. The molecule has 30 heavy (non-hydrogen) atoms. The van der Waals surface area contributed by atoms with Crippen molar-refractivity contribution in [2.75, 3.05) is 20.8 Å². The highest BCUT2D eigenvalue weighted by Gasteiger charge is 2.39. The molecule has 0 aliphatic heterocycles. The number of nitrogens with one attached hydrogen (secondary N) is 1. The first-order valence-corrected chi connectivity index (χ1v) is 9.67. The summed E-state index contributed by atoms with van der Waals surface area (Å²) < 4.78 is 51.5. The van der Waals surface area contributed by atoms with Crippen molar-refractivity contribution in [1.29, 1.82) is 0 Å². The summed E-state index contributed by atoms with van der Waals surface area (Å²) in [6.07, 6.45) is 1.07. The number of benzene rings is 1. The van der Waals surface area contributed by atoms with Crippen LogP contribution in [0.2, 0.25) is 0 Å². The quantitative estimate of drug-likeness (QED) is 0.691. The van der Waals surface area contributed by atoms with Gasteiger partial charge in [-0.25, -0.2) is 0 Å². The summed E-state index contributed by atoms with van der Waals surface area (Å²) in [5, 5.41) is 6.47. The van der Waals surface area contributed by atoms with E-state index in [-0.39, 0.29) is 19.0 Å². The minimum absolute atomic E-state index is 0.181. The second-order valence-electron chi connectivity index (χ2n) is 6.94. The van der Waals surface area contributed by atoms with Gasteiger partial charge in [0.2, 0.25) is 5.91 Å². The number of methoxy groups -OCH3 is 2. The maximum absolute atomic E-state index is 13.2. The minimum atomic E-state index is -4.46. The molecule has 1 amide bonds. The fourth-order valence-corrected chi connectivity index (χ4v) is 3.56. The number of alkyl halides is 3. The van der Waals surface area contributed by atoms with Crippen LogP contribution in [0.15, 0.2) is 24.3 Å². The third kappa shape index (κ3) is 4.95. The lowest BCUT2D eigenvalue weighted by molar-refractivity contribution is -0.142. The Kier molecular flexibility index (Phi) is 6.69. The Morgan fingerprint density at radius 2 is 1.93 bits per heavy atom. The van der Waals surface area contributed by atoms with Gasteiger partial charge in [0, 0.05) is 23.9 Å². The Hall–Kier alpha value is -2.97. The van der Waals surface area contributed by atoms with Crippen molar-refractivity contribution in [3.05, 3.63) is 46.8 Å². The number of rotatable bonds is 7. The van der Waals surface area contributed by atoms with E-state index < -0.39 is 11.9 Å². The van der Waals surface area contributed by atoms with E-state index in [4.69, 9.17) is 9.47 Å². The lowest BCUT2D eigenvalue weighted by Gasteiger charge is -2.14. The standard InChI is InChI=1S/C21H24F3N3O3/c1-29-17-9-7-14(13-18(17)30-2)8-10-19(28)25-11-12-27-16-6-4-3-5-15(16)20(26-27)21(22,23)24/h7-10,13H,3-6,11-12H2,1-2H3,(H,25,28)/b10-8+. The number of fused-ring (bicyclic) bond motifs is 1. The molecule has 0 saturated heterocycles. The van der Waals surface area contributed by atoms with Gasteiger partial charge in [0.25, 0.3) is 0 Å². The van der Waals surface area contributed by atoms with Crippen LogP contribution in [-0.2, 0) is 30.4 Å². The van der Waals surface area contributed by atoms with Crippen LogP contribution in [-0.4, -0.2) is 36.5 Å². The van der Waals surface area contributed by atoms with Crippen LogP contribution in [0.5, 0.6) is 11.5 Å². The monoisotopic (exact) mass is 423 g/mol. The first kappa shape index (κ1) is 21.7. The minimum Gasteiger partial charge on any atom is -0.493 e. The zero-order chi connectivity index (χ0) is 21.7. The fraction of sp³-hybridized carbons (Fsp3) is 0.429. The molecule has 1 aromatic heterocycles. The molecule has 0 saturated carbocycles. The molecule has 1 heterocycles. The molecule has 0 radical (unpaired) electrons.